The third-order valence-electron chi connectivity index (χ3n) is 5.14. The van der Waals surface area contributed by atoms with E-state index in [0.29, 0.717) is 0 Å². The van der Waals surface area contributed by atoms with E-state index < -0.39 is 5.91 Å². The number of rotatable bonds is 6. The number of amides is 1. The lowest BCUT2D eigenvalue weighted by atomic mass is 9.64. The molecular weight excluding hydrogens is 294 g/mol. The first-order valence-electron chi connectivity index (χ1n) is 8.89. The molecule has 1 unspecified atom stereocenters. The van der Waals surface area contributed by atoms with Gasteiger partial charge in [0.25, 0.3) is 0 Å². The number of nitrogens with two attached hydrogens (primary N) is 1. The Morgan fingerprint density at radius 2 is 1.92 bits per heavy atom. The average Bonchev–Trinajstić information content (AvgIpc) is 2.45. The Bertz CT molecular complexity index is 612. The average molecular weight is 328 g/mol. The summed E-state index contributed by atoms with van der Waals surface area (Å²) in [5.74, 6) is 0.344. The molecule has 0 aliphatic heterocycles. The summed E-state index contributed by atoms with van der Waals surface area (Å²) in [5.41, 5.74) is 10.4. The molecule has 132 valence electrons. The number of allylic oxidation sites excluding steroid dienone is 9. The Hall–Kier alpha value is -1.83. The van der Waals surface area contributed by atoms with Crippen molar-refractivity contribution >= 4 is 5.91 Å². The van der Waals surface area contributed by atoms with Crippen molar-refractivity contribution in [3.05, 3.63) is 58.7 Å². The van der Waals surface area contributed by atoms with Gasteiger partial charge >= 0.3 is 0 Å². The lowest BCUT2D eigenvalue weighted by Gasteiger charge is -2.40. The first-order valence-corrected chi connectivity index (χ1v) is 8.89. The molecule has 2 nitrogen and oxygen atoms in total. The van der Waals surface area contributed by atoms with Gasteiger partial charge in [0.05, 0.1) is 0 Å². The molecule has 0 heterocycles. The quantitative estimate of drug-likeness (QED) is 0.498. The lowest BCUT2D eigenvalue weighted by molar-refractivity contribution is -0.113. The first kappa shape index (κ1) is 20.2. The Kier molecular flexibility index (Phi) is 7.47. The summed E-state index contributed by atoms with van der Waals surface area (Å²) >= 11 is 0. The Labute approximate surface area is 147 Å². The molecule has 1 rings (SSSR count). The molecule has 1 atom stereocenters. The maximum absolute atomic E-state index is 10.8. The van der Waals surface area contributed by atoms with Crippen LogP contribution in [0.2, 0.25) is 0 Å². The number of hydrogen-bond donors (Lipinski definition) is 1. The van der Waals surface area contributed by atoms with Gasteiger partial charge in [0.2, 0.25) is 5.91 Å². The number of carbonyl (C=O) groups is 1. The van der Waals surface area contributed by atoms with Gasteiger partial charge in [-0.3, -0.25) is 4.79 Å². The predicted molar refractivity (Wildman–Crippen MR) is 104 cm³/mol. The third kappa shape index (κ3) is 5.67. The van der Waals surface area contributed by atoms with Crippen LogP contribution in [-0.4, -0.2) is 5.91 Å². The van der Waals surface area contributed by atoms with Crippen LogP contribution in [0.5, 0.6) is 0 Å². The highest BCUT2D eigenvalue weighted by atomic mass is 16.1. The van der Waals surface area contributed by atoms with Crippen LogP contribution in [0.25, 0.3) is 0 Å². The SMILES string of the molecule is CCC1CCC(C)=C(/C=C/C(C)=C/C=C/C(C)=C/C(N)=O)C1(C)C. The second kappa shape index (κ2) is 8.86. The minimum absolute atomic E-state index is 0.241. The predicted octanol–water partition coefficient (Wildman–Crippen LogP) is 5.64. The summed E-state index contributed by atoms with van der Waals surface area (Å²) in [4.78, 5) is 10.8. The van der Waals surface area contributed by atoms with E-state index in [4.69, 9.17) is 5.73 Å². The van der Waals surface area contributed by atoms with Gasteiger partial charge in [-0.2, -0.15) is 0 Å². The molecule has 0 radical (unpaired) electrons. The molecule has 2 N–H and O–H groups in total. The highest BCUT2D eigenvalue weighted by Crippen LogP contribution is 2.46. The van der Waals surface area contributed by atoms with Crippen LogP contribution in [0.3, 0.4) is 0 Å². The zero-order chi connectivity index (χ0) is 18.3. The molecule has 24 heavy (non-hydrogen) atoms. The van der Waals surface area contributed by atoms with Gasteiger partial charge < -0.3 is 5.73 Å². The smallest absolute Gasteiger partial charge is 0.241 e. The van der Waals surface area contributed by atoms with Gasteiger partial charge in [0.1, 0.15) is 0 Å². The zero-order valence-corrected chi connectivity index (χ0v) is 16.1. The molecule has 0 saturated carbocycles. The van der Waals surface area contributed by atoms with Crippen molar-refractivity contribution in [3.63, 3.8) is 0 Å². The van der Waals surface area contributed by atoms with Crippen LogP contribution in [0, 0.1) is 11.3 Å². The third-order valence-corrected chi connectivity index (χ3v) is 5.14. The Morgan fingerprint density at radius 3 is 2.50 bits per heavy atom. The molecule has 0 bridgehead atoms. The minimum Gasteiger partial charge on any atom is -0.366 e. The van der Waals surface area contributed by atoms with Crippen molar-refractivity contribution in [2.24, 2.45) is 17.1 Å². The van der Waals surface area contributed by atoms with Crippen molar-refractivity contribution in [3.8, 4) is 0 Å². The molecule has 1 aliphatic rings. The van der Waals surface area contributed by atoms with Gasteiger partial charge in [-0.15, -0.1) is 0 Å². The summed E-state index contributed by atoms with van der Waals surface area (Å²) in [5, 5.41) is 0. The molecule has 0 aromatic heterocycles. The molecule has 0 fully saturated rings. The number of hydrogen-bond acceptors (Lipinski definition) is 1. The lowest BCUT2D eigenvalue weighted by Crippen LogP contribution is -2.29. The summed E-state index contributed by atoms with van der Waals surface area (Å²) < 4.78 is 0. The fraction of sp³-hybridized carbons (Fsp3) is 0.500. The van der Waals surface area contributed by atoms with Crippen LogP contribution >= 0.6 is 0 Å². The second-order valence-electron chi connectivity index (χ2n) is 7.45. The highest BCUT2D eigenvalue weighted by molar-refractivity contribution is 5.86. The summed E-state index contributed by atoms with van der Waals surface area (Å²) in [6.07, 6.45) is 15.6. The van der Waals surface area contributed by atoms with Gasteiger partial charge in [-0.25, -0.2) is 0 Å². The van der Waals surface area contributed by atoms with Crippen LogP contribution in [0.15, 0.2) is 58.7 Å². The van der Waals surface area contributed by atoms with E-state index in [1.54, 1.807) is 0 Å². The summed E-state index contributed by atoms with van der Waals surface area (Å²) in [6.45, 7) is 13.3. The van der Waals surface area contributed by atoms with Crippen molar-refractivity contribution in [1.29, 1.82) is 0 Å². The normalized spacial score (nSPS) is 22.7. The van der Waals surface area contributed by atoms with E-state index in [2.05, 4.69) is 52.8 Å². The van der Waals surface area contributed by atoms with E-state index in [9.17, 15) is 4.79 Å². The summed E-state index contributed by atoms with van der Waals surface area (Å²) in [6, 6.07) is 0. The Balaban J connectivity index is 2.89. The highest BCUT2D eigenvalue weighted by Gasteiger charge is 2.34. The molecular formula is C22H33NO. The fourth-order valence-corrected chi connectivity index (χ4v) is 3.62. The van der Waals surface area contributed by atoms with E-state index in [-0.39, 0.29) is 5.41 Å². The maximum Gasteiger partial charge on any atom is 0.241 e. The topological polar surface area (TPSA) is 43.1 Å². The molecule has 0 aromatic rings. The van der Waals surface area contributed by atoms with Gasteiger partial charge in [0.15, 0.2) is 0 Å². The number of primary amides is 1. The van der Waals surface area contributed by atoms with E-state index in [1.807, 2.05) is 19.1 Å². The Morgan fingerprint density at radius 1 is 1.25 bits per heavy atom. The van der Waals surface area contributed by atoms with Gasteiger partial charge in [-0.05, 0) is 56.1 Å². The number of carbonyl (C=O) groups excluding carboxylic acids is 1. The van der Waals surface area contributed by atoms with Crippen molar-refractivity contribution < 1.29 is 4.79 Å². The molecule has 0 saturated heterocycles. The monoisotopic (exact) mass is 327 g/mol. The van der Waals surface area contributed by atoms with Crippen molar-refractivity contribution in [2.75, 3.05) is 0 Å². The first-order chi connectivity index (χ1) is 11.2. The fourth-order valence-electron chi connectivity index (χ4n) is 3.62. The van der Waals surface area contributed by atoms with Gasteiger partial charge in [-0.1, -0.05) is 68.7 Å². The summed E-state index contributed by atoms with van der Waals surface area (Å²) in [7, 11) is 0. The van der Waals surface area contributed by atoms with Crippen LogP contribution in [0.4, 0.5) is 0 Å². The van der Waals surface area contributed by atoms with E-state index >= 15 is 0 Å². The second-order valence-corrected chi connectivity index (χ2v) is 7.45. The standard InChI is InChI=1S/C22H33NO/c1-7-19-13-12-18(4)20(22(19,5)6)14-11-16(2)9-8-10-17(3)15-21(23)24/h8-11,14-15,19H,7,12-13H2,1-6H3,(H2,23,24)/b10-8+,14-11+,16-9+,17-15+. The van der Waals surface area contributed by atoms with Crippen molar-refractivity contribution in [1.82, 2.24) is 0 Å². The molecule has 1 aliphatic carbocycles. The zero-order valence-electron chi connectivity index (χ0n) is 16.1. The largest absolute Gasteiger partial charge is 0.366 e. The molecule has 0 aromatic carbocycles. The van der Waals surface area contributed by atoms with Crippen LogP contribution in [0.1, 0.15) is 60.8 Å². The van der Waals surface area contributed by atoms with Crippen LogP contribution in [-0.2, 0) is 4.79 Å². The van der Waals surface area contributed by atoms with Crippen LogP contribution < -0.4 is 5.73 Å². The molecule has 1 amide bonds. The van der Waals surface area contributed by atoms with E-state index in [0.717, 1.165) is 11.5 Å². The van der Waals surface area contributed by atoms with Gasteiger partial charge in [0, 0.05) is 6.08 Å². The molecule has 2 heteroatoms. The van der Waals surface area contributed by atoms with E-state index in [1.165, 1.54) is 42.1 Å². The maximum atomic E-state index is 10.8. The van der Waals surface area contributed by atoms with Crippen molar-refractivity contribution in [2.45, 2.75) is 60.8 Å². The molecule has 0 spiro atoms. The minimum atomic E-state index is -0.412.